The summed E-state index contributed by atoms with van der Waals surface area (Å²) in [6.07, 6.45) is 4.44. The monoisotopic (exact) mass is 280 g/mol. The lowest BCUT2D eigenvalue weighted by Gasteiger charge is -2.09. The van der Waals surface area contributed by atoms with Gasteiger partial charge >= 0.3 is 5.97 Å². The summed E-state index contributed by atoms with van der Waals surface area (Å²) in [5.74, 6) is -0.208. The van der Waals surface area contributed by atoms with Crippen LogP contribution in [0.3, 0.4) is 0 Å². The topological polar surface area (TPSA) is 46.5 Å². The lowest BCUT2D eigenvalue weighted by atomic mass is 9.97. The van der Waals surface area contributed by atoms with E-state index in [0.717, 1.165) is 28.5 Å². The van der Waals surface area contributed by atoms with E-state index in [0.29, 0.717) is 0 Å². The summed E-state index contributed by atoms with van der Waals surface area (Å²) < 4.78 is 5.24. The van der Waals surface area contributed by atoms with Crippen molar-refractivity contribution >= 4 is 11.5 Å². The maximum atomic E-state index is 10.6. The molecule has 3 heteroatoms. The van der Waals surface area contributed by atoms with Gasteiger partial charge in [0.2, 0.25) is 0 Å². The molecule has 21 heavy (non-hydrogen) atoms. The Kier molecular flexibility index (Phi) is 4.94. The molecule has 0 aliphatic carbocycles. The van der Waals surface area contributed by atoms with E-state index in [1.807, 2.05) is 54.6 Å². The lowest BCUT2D eigenvalue weighted by molar-refractivity contribution is -0.131. The van der Waals surface area contributed by atoms with Crippen molar-refractivity contribution in [1.29, 1.82) is 0 Å². The second-order valence-electron chi connectivity index (χ2n) is 4.38. The van der Waals surface area contributed by atoms with E-state index in [9.17, 15) is 4.79 Å². The Morgan fingerprint density at radius 1 is 1.05 bits per heavy atom. The fraction of sp³-hybridized carbons (Fsp3) is 0.0556. The summed E-state index contributed by atoms with van der Waals surface area (Å²) in [6, 6.07) is 17.5. The number of hydrogen-bond donors (Lipinski definition) is 1. The Bertz CT molecular complexity index is 670. The summed E-state index contributed by atoms with van der Waals surface area (Å²) in [4.78, 5) is 10.6. The molecule has 0 spiro atoms. The number of rotatable bonds is 5. The fourth-order valence-corrected chi connectivity index (χ4v) is 1.99. The molecule has 0 amide bonds. The molecular formula is C18H16O3. The zero-order valence-corrected chi connectivity index (χ0v) is 11.7. The van der Waals surface area contributed by atoms with Crippen molar-refractivity contribution in [2.45, 2.75) is 0 Å². The van der Waals surface area contributed by atoms with E-state index >= 15 is 0 Å². The zero-order chi connectivity index (χ0) is 15.1. The van der Waals surface area contributed by atoms with Gasteiger partial charge < -0.3 is 9.84 Å². The van der Waals surface area contributed by atoms with Gasteiger partial charge in [0.05, 0.1) is 7.11 Å². The minimum Gasteiger partial charge on any atom is -0.497 e. The van der Waals surface area contributed by atoms with E-state index in [1.54, 1.807) is 13.2 Å². The highest BCUT2D eigenvalue weighted by atomic mass is 16.5. The number of benzene rings is 2. The summed E-state index contributed by atoms with van der Waals surface area (Å²) in [5.41, 5.74) is 2.92. The van der Waals surface area contributed by atoms with E-state index in [1.165, 1.54) is 6.08 Å². The molecule has 0 aliphatic heterocycles. The van der Waals surface area contributed by atoms with Crippen molar-refractivity contribution in [3.63, 3.8) is 0 Å². The number of aliphatic carboxylic acids is 1. The third kappa shape index (κ3) is 4.08. The third-order valence-electron chi connectivity index (χ3n) is 2.97. The Morgan fingerprint density at radius 2 is 1.76 bits per heavy atom. The summed E-state index contributed by atoms with van der Waals surface area (Å²) >= 11 is 0. The molecule has 0 saturated heterocycles. The van der Waals surface area contributed by atoms with Crippen LogP contribution in [-0.4, -0.2) is 18.2 Å². The molecule has 0 aliphatic rings. The second-order valence-corrected chi connectivity index (χ2v) is 4.38. The van der Waals surface area contributed by atoms with Crippen LogP contribution in [-0.2, 0) is 4.79 Å². The van der Waals surface area contributed by atoms with Crippen molar-refractivity contribution in [3.8, 4) is 5.75 Å². The minimum atomic E-state index is -0.968. The normalized spacial score (nSPS) is 11.6. The third-order valence-corrected chi connectivity index (χ3v) is 2.97. The molecule has 2 rings (SSSR count). The molecule has 0 radical (unpaired) electrons. The van der Waals surface area contributed by atoms with Crippen LogP contribution in [0.2, 0.25) is 0 Å². The minimum absolute atomic E-state index is 0.761. The van der Waals surface area contributed by atoms with Gasteiger partial charge in [-0.1, -0.05) is 54.6 Å². The predicted octanol–water partition coefficient (Wildman–Crippen LogP) is 3.77. The highest BCUT2D eigenvalue weighted by Gasteiger charge is 2.05. The number of carbonyl (C=O) groups is 1. The molecule has 0 saturated carbocycles. The van der Waals surface area contributed by atoms with Crippen LogP contribution < -0.4 is 4.74 Å². The maximum absolute atomic E-state index is 10.6. The maximum Gasteiger partial charge on any atom is 0.328 e. The predicted molar refractivity (Wildman–Crippen MR) is 83.3 cm³/mol. The SMILES string of the molecule is COc1cccc(/C(=C\C=C\C(=O)O)c2ccccc2)c1. The quantitative estimate of drug-likeness (QED) is 0.670. The first-order valence-corrected chi connectivity index (χ1v) is 6.52. The van der Waals surface area contributed by atoms with E-state index in [4.69, 9.17) is 9.84 Å². The molecule has 1 N–H and O–H groups in total. The summed E-state index contributed by atoms with van der Waals surface area (Å²) in [5, 5.41) is 8.71. The van der Waals surface area contributed by atoms with E-state index in [-0.39, 0.29) is 0 Å². The Balaban J connectivity index is 2.47. The van der Waals surface area contributed by atoms with Crippen molar-refractivity contribution in [1.82, 2.24) is 0 Å². The molecule has 0 bridgehead atoms. The number of carboxylic acid groups (broad SMARTS) is 1. The standard InChI is InChI=1S/C18H16O3/c1-21-16-10-5-9-15(13-16)17(11-6-12-18(19)20)14-7-3-2-4-8-14/h2-13H,1H3,(H,19,20)/b12-6+,17-11-. The van der Waals surface area contributed by atoms with Crippen LogP contribution in [0.15, 0.2) is 72.8 Å². The summed E-state index contributed by atoms with van der Waals surface area (Å²) in [7, 11) is 1.62. The van der Waals surface area contributed by atoms with Gasteiger partial charge in [-0.25, -0.2) is 4.79 Å². The Hall–Kier alpha value is -2.81. The molecular weight excluding hydrogens is 264 g/mol. The first kappa shape index (κ1) is 14.6. The second kappa shape index (κ2) is 7.10. The number of ether oxygens (including phenoxy) is 1. The average Bonchev–Trinajstić information content (AvgIpc) is 2.52. The van der Waals surface area contributed by atoms with Gasteiger partial charge in [0.1, 0.15) is 5.75 Å². The highest BCUT2D eigenvalue weighted by molar-refractivity contribution is 5.84. The van der Waals surface area contributed by atoms with Gasteiger partial charge in [0.25, 0.3) is 0 Å². The molecule has 3 nitrogen and oxygen atoms in total. The lowest BCUT2D eigenvalue weighted by Crippen LogP contribution is -1.90. The van der Waals surface area contributed by atoms with E-state index < -0.39 is 5.97 Å². The number of allylic oxidation sites excluding steroid dienone is 2. The number of hydrogen-bond acceptors (Lipinski definition) is 2. The van der Waals surface area contributed by atoms with Crippen molar-refractivity contribution < 1.29 is 14.6 Å². The number of carboxylic acids is 1. The van der Waals surface area contributed by atoms with Crippen molar-refractivity contribution in [3.05, 3.63) is 84.0 Å². The fourth-order valence-electron chi connectivity index (χ4n) is 1.99. The molecule has 0 atom stereocenters. The number of methoxy groups -OCH3 is 1. The van der Waals surface area contributed by atoms with Gasteiger partial charge in [-0.05, 0) is 28.8 Å². The Labute approximate surface area is 123 Å². The van der Waals surface area contributed by atoms with Gasteiger partial charge in [-0.3, -0.25) is 0 Å². The molecule has 106 valence electrons. The van der Waals surface area contributed by atoms with Gasteiger partial charge in [0.15, 0.2) is 0 Å². The highest BCUT2D eigenvalue weighted by Crippen LogP contribution is 2.26. The van der Waals surface area contributed by atoms with Crippen LogP contribution >= 0.6 is 0 Å². The molecule has 2 aromatic carbocycles. The molecule has 0 aromatic heterocycles. The molecule has 0 fully saturated rings. The van der Waals surface area contributed by atoms with Crippen LogP contribution in [0.25, 0.3) is 5.57 Å². The van der Waals surface area contributed by atoms with Crippen molar-refractivity contribution in [2.24, 2.45) is 0 Å². The molecule has 0 heterocycles. The largest absolute Gasteiger partial charge is 0.497 e. The summed E-state index contributed by atoms with van der Waals surface area (Å²) in [6.45, 7) is 0. The van der Waals surface area contributed by atoms with E-state index in [2.05, 4.69) is 0 Å². The first-order chi connectivity index (χ1) is 10.2. The van der Waals surface area contributed by atoms with Gasteiger partial charge in [-0.2, -0.15) is 0 Å². The Morgan fingerprint density at radius 3 is 2.43 bits per heavy atom. The van der Waals surface area contributed by atoms with Crippen LogP contribution in [0.1, 0.15) is 11.1 Å². The van der Waals surface area contributed by atoms with Crippen LogP contribution in [0, 0.1) is 0 Å². The molecule has 0 unspecified atom stereocenters. The first-order valence-electron chi connectivity index (χ1n) is 6.52. The van der Waals surface area contributed by atoms with Crippen LogP contribution in [0.4, 0.5) is 0 Å². The zero-order valence-electron chi connectivity index (χ0n) is 11.7. The van der Waals surface area contributed by atoms with Gasteiger partial charge in [-0.15, -0.1) is 0 Å². The average molecular weight is 280 g/mol. The van der Waals surface area contributed by atoms with Crippen LogP contribution in [0.5, 0.6) is 5.75 Å². The smallest absolute Gasteiger partial charge is 0.328 e. The van der Waals surface area contributed by atoms with Crippen molar-refractivity contribution in [2.75, 3.05) is 7.11 Å². The van der Waals surface area contributed by atoms with Gasteiger partial charge in [0, 0.05) is 6.08 Å². The molecule has 2 aromatic rings.